The standard InChI is InChI=1S/C15H10N4O3/c16-5-8-3-10-7-19(12-1-2-13(20)18-14(12)21)15(22)11(10)4-9(8)6-17/h3-4,12H,1-2,7H2,(H,18,20,21). The first-order chi connectivity index (χ1) is 10.5. The first-order valence-corrected chi connectivity index (χ1v) is 6.67. The molecule has 3 rings (SSSR count). The van der Waals surface area contributed by atoms with E-state index in [1.807, 2.05) is 12.1 Å². The lowest BCUT2D eigenvalue weighted by Crippen LogP contribution is -2.52. The van der Waals surface area contributed by atoms with E-state index in [1.165, 1.54) is 17.0 Å². The highest BCUT2D eigenvalue weighted by Crippen LogP contribution is 2.29. The third-order valence-corrected chi connectivity index (χ3v) is 3.90. The Morgan fingerprint density at radius 2 is 1.82 bits per heavy atom. The number of piperidine rings is 1. The summed E-state index contributed by atoms with van der Waals surface area (Å²) in [6.07, 6.45) is 0.462. The van der Waals surface area contributed by atoms with E-state index in [2.05, 4.69) is 5.32 Å². The summed E-state index contributed by atoms with van der Waals surface area (Å²) in [6.45, 7) is 0.195. The maximum Gasteiger partial charge on any atom is 0.255 e. The van der Waals surface area contributed by atoms with Crippen molar-refractivity contribution in [3.63, 3.8) is 0 Å². The molecule has 0 aliphatic carbocycles. The van der Waals surface area contributed by atoms with Gasteiger partial charge >= 0.3 is 0 Å². The molecule has 1 unspecified atom stereocenters. The van der Waals surface area contributed by atoms with Crippen LogP contribution in [0.3, 0.4) is 0 Å². The molecule has 0 radical (unpaired) electrons. The van der Waals surface area contributed by atoms with Crippen molar-refractivity contribution in [3.8, 4) is 12.1 Å². The zero-order valence-corrected chi connectivity index (χ0v) is 11.4. The Bertz CT molecular complexity index is 800. The van der Waals surface area contributed by atoms with Gasteiger partial charge in [0.25, 0.3) is 5.91 Å². The quantitative estimate of drug-likeness (QED) is 0.743. The van der Waals surface area contributed by atoms with Gasteiger partial charge < -0.3 is 4.90 Å². The van der Waals surface area contributed by atoms with E-state index in [0.717, 1.165) is 0 Å². The zero-order chi connectivity index (χ0) is 15.9. The number of hydrogen-bond donors (Lipinski definition) is 1. The van der Waals surface area contributed by atoms with Gasteiger partial charge in [-0.05, 0) is 24.1 Å². The molecule has 2 heterocycles. The number of amides is 3. The lowest BCUT2D eigenvalue weighted by molar-refractivity contribution is -0.136. The first-order valence-electron chi connectivity index (χ1n) is 6.67. The molecule has 22 heavy (non-hydrogen) atoms. The van der Waals surface area contributed by atoms with Crippen LogP contribution in [0, 0.1) is 22.7 Å². The number of carbonyl (C=O) groups excluding carboxylic acids is 3. The number of benzene rings is 1. The van der Waals surface area contributed by atoms with Crippen LogP contribution in [0.5, 0.6) is 0 Å². The minimum Gasteiger partial charge on any atom is -0.322 e. The van der Waals surface area contributed by atoms with Gasteiger partial charge in [0.1, 0.15) is 18.2 Å². The van der Waals surface area contributed by atoms with Crippen LogP contribution in [0.1, 0.15) is 39.9 Å². The normalized spacial score (nSPS) is 20.2. The van der Waals surface area contributed by atoms with Gasteiger partial charge in [-0.3, -0.25) is 19.7 Å². The first kappa shape index (κ1) is 13.8. The third-order valence-electron chi connectivity index (χ3n) is 3.90. The van der Waals surface area contributed by atoms with Crippen LogP contribution in [0.2, 0.25) is 0 Å². The fourth-order valence-corrected chi connectivity index (χ4v) is 2.80. The molecule has 1 saturated heterocycles. The Hall–Kier alpha value is -3.19. The Morgan fingerprint density at radius 1 is 1.14 bits per heavy atom. The van der Waals surface area contributed by atoms with Crippen molar-refractivity contribution in [1.82, 2.24) is 10.2 Å². The summed E-state index contributed by atoms with van der Waals surface area (Å²) in [6, 6.07) is 6.01. The highest BCUT2D eigenvalue weighted by Gasteiger charge is 2.39. The lowest BCUT2D eigenvalue weighted by atomic mass is 10.0. The van der Waals surface area contributed by atoms with Gasteiger partial charge in [-0.15, -0.1) is 0 Å². The minimum absolute atomic E-state index is 0.139. The van der Waals surface area contributed by atoms with Crippen LogP contribution in [-0.2, 0) is 16.1 Å². The molecule has 1 aromatic rings. The van der Waals surface area contributed by atoms with Crippen molar-refractivity contribution in [2.24, 2.45) is 0 Å². The molecule has 1 atom stereocenters. The second-order valence-electron chi connectivity index (χ2n) is 5.18. The molecule has 0 spiro atoms. The van der Waals surface area contributed by atoms with Crippen molar-refractivity contribution in [1.29, 1.82) is 10.5 Å². The van der Waals surface area contributed by atoms with Crippen LogP contribution in [0.15, 0.2) is 12.1 Å². The minimum atomic E-state index is -0.700. The Labute approximate surface area is 125 Å². The molecule has 2 aliphatic rings. The second kappa shape index (κ2) is 4.97. The largest absolute Gasteiger partial charge is 0.322 e. The van der Waals surface area contributed by atoms with E-state index in [9.17, 15) is 14.4 Å². The maximum absolute atomic E-state index is 12.5. The molecule has 108 valence electrons. The van der Waals surface area contributed by atoms with Crippen LogP contribution in [0.25, 0.3) is 0 Å². The summed E-state index contributed by atoms with van der Waals surface area (Å²) in [5.41, 5.74) is 1.30. The molecule has 1 N–H and O–H groups in total. The van der Waals surface area contributed by atoms with Crippen molar-refractivity contribution in [2.45, 2.75) is 25.4 Å². The highest BCUT2D eigenvalue weighted by molar-refractivity contribution is 6.05. The Kier molecular flexibility index (Phi) is 3.11. The maximum atomic E-state index is 12.5. The topological polar surface area (TPSA) is 114 Å². The monoisotopic (exact) mass is 294 g/mol. The van der Waals surface area contributed by atoms with E-state index in [4.69, 9.17) is 10.5 Å². The van der Waals surface area contributed by atoms with Gasteiger partial charge in [0.15, 0.2) is 0 Å². The number of nitrogens with one attached hydrogen (secondary N) is 1. The molecule has 1 aromatic carbocycles. The number of carbonyl (C=O) groups is 3. The average molecular weight is 294 g/mol. The number of hydrogen-bond acceptors (Lipinski definition) is 5. The molecule has 0 aromatic heterocycles. The van der Waals surface area contributed by atoms with Gasteiger partial charge in [0, 0.05) is 18.5 Å². The smallest absolute Gasteiger partial charge is 0.255 e. The van der Waals surface area contributed by atoms with Gasteiger partial charge in [0.2, 0.25) is 11.8 Å². The second-order valence-corrected chi connectivity index (χ2v) is 5.18. The number of fused-ring (bicyclic) bond motifs is 1. The van der Waals surface area contributed by atoms with E-state index in [0.29, 0.717) is 11.1 Å². The van der Waals surface area contributed by atoms with Crippen molar-refractivity contribution in [2.75, 3.05) is 0 Å². The van der Waals surface area contributed by atoms with Crippen LogP contribution < -0.4 is 5.32 Å². The molecule has 0 saturated carbocycles. The molecule has 7 nitrogen and oxygen atoms in total. The fraction of sp³-hybridized carbons (Fsp3) is 0.267. The Morgan fingerprint density at radius 3 is 2.45 bits per heavy atom. The van der Waals surface area contributed by atoms with Crippen molar-refractivity contribution < 1.29 is 14.4 Å². The molecule has 7 heteroatoms. The third kappa shape index (κ3) is 2.00. The molecular weight excluding hydrogens is 284 g/mol. The molecule has 0 bridgehead atoms. The van der Waals surface area contributed by atoms with Gasteiger partial charge in [-0.2, -0.15) is 10.5 Å². The van der Waals surface area contributed by atoms with Crippen LogP contribution >= 0.6 is 0 Å². The van der Waals surface area contributed by atoms with Crippen molar-refractivity contribution in [3.05, 3.63) is 34.4 Å². The van der Waals surface area contributed by atoms with E-state index < -0.39 is 11.9 Å². The summed E-state index contributed by atoms with van der Waals surface area (Å²) < 4.78 is 0. The number of nitrogens with zero attached hydrogens (tertiary/aromatic N) is 3. The molecule has 2 aliphatic heterocycles. The van der Waals surface area contributed by atoms with Gasteiger partial charge in [0.05, 0.1) is 11.1 Å². The fourth-order valence-electron chi connectivity index (χ4n) is 2.80. The number of rotatable bonds is 1. The summed E-state index contributed by atoms with van der Waals surface area (Å²) >= 11 is 0. The molecular formula is C15H10N4O3. The van der Waals surface area contributed by atoms with E-state index in [-0.39, 0.29) is 42.3 Å². The summed E-state index contributed by atoms with van der Waals surface area (Å²) in [5.74, 6) is -1.19. The number of imide groups is 1. The zero-order valence-electron chi connectivity index (χ0n) is 11.4. The van der Waals surface area contributed by atoms with Crippen molar-refractivity contribution >= 4 is 17.7 Å². The Balaban J connectivity index is 1.95. The predicted molar refractivity (Wildman–Crippen MR) is 71.9 cm³/mol. The van der Waals surface area contributed by atoms with Gasteiger partial charge in [-0.25, -0.2) is 0 Å². The van der Waals surface area contributed by atoms with Gasteiger partial charge in [-0.1, -0.05) is 0 Å². The highest BCUT2D eigenvalue weighted by atomic mass is 16.2. The summed E-state index contributed by atoms with van der Waals surface area (Å²) in [4.78, 5) is 36.9. The molecule has 1 fully saturated rings. The predicted octanol–water partition coefficient (Wildman–Crippen LogP) is 0.191. The lowest BCUT2D eigenvalue weighted by Gasteiger charge is -2.29. The molecule has 3 amide bonds. The van der Waals surface area contributed by atoms with Crippen LogP contribution in [0.4, 0.5) is 0 Å². The van der Waals surface area contributed by atoms with Crippen LogP contribution in [-0.4, -0.2) is 28.7 Å². The number of nitriles is 2. The summed E-state index contributed by atoms with van der Waals surface area (Å²) in [7, 11) is 0. The summed E-state index contributed by atoms with van der Waals surface area (Å²) in [5, 5.41) is 20.3. The van der Waals surface area contributed by atoms with E-state index >= 15 is 0 Å². The SMILES string of the molecule is N#Cc1cc2c(cc1C#N)C(=O)N(C1CCC(=O)NC1=O)C2. The van der Waals surface area contributed by atoms with E-state index in [1.54, 1.807) is 0 Å². The average Bonchev–Trinajstić information content (AvgIpc) is 2.82.